The van der Waals surface area contributed by atoms with Crippen molar-refractivity contribution in [2.75, 3.05) is 19.7 Å². The van der Waals surface area contributed by atoms with E-state index < -0.39 is 23.4 Å². The second kappa shape index (κ2) is 7.46. The minimum Gasteiger partial charge on any atom is -0.486 e. The number of carbonyl (C=O) groups excluding carboxylic acids is 3. The fourth-order valence-corrected chi connectivity index (χ4v) is 3.40. The molecule has 0 aliphatic carbocycles. The van der Waals surface area contributed by atoms with Gasteiger partial charge in [0.05, 0.1) is 6.54 Å². The molecule has 0 radical (unpaired) electrons. The van der Waals surface area contributed by atoms with Crippen LogP contribution in [-0.4, -0.2) is 48.5 Å². The summed E-state index contributed by atoms with van der Waals surface area (Å²) in [6.45, 7) is 1.77. The highest BCUT2D eigenvalue weighted by molar-refractivity contribution is 6.09. The summed E-state index contributed by atoms with van der Waals surface area (Å²) < 4.78 is 11.4. The molecule has 4 rings (SSSR count). The molecule has 8 heteroatoms. The first-order valence-corrected chi connectivity index (χ1v) is 9.32. The van der Waals surface area contributed by atoms with E-state index in [4.69, 9.17) is 9.47 Å². The highest BCUT2D eigenvalue weighted by Gasteiger charge is 2.49. The summed E-state index contributed by atoms with van der Waals surface area (Å²) in [7, 11) is 0. The Bertz CT molecular complexity index is 948. The van der Waals surface area contributed by atoms with Gasteiger partial charge in [0.1, 0.15) is 24.8 Å². The number of hydrogen-bond acceptors (Lipinski definition) is 5. The predicted octanol–water partition coefficient (Wildman–Crippen LogP) is 1.41. The van der Waals surface area contributed by atoms with Gasteiger partial charge in [-0.15, -0.1) is 0 Å². The van der Waals surface area contributed by atoms with Gasteiger partial charge >= 0.3 is 6.03 Å². The SMILES string of the molecule is C[C@]1(c2ccccc2)NC(=O)N(CC(=O)NC[C@H]2COc3ccccc3O2)C1=O. The third-order valence-corrected chi connectivity index (χ3v) is 5.02. The predicted molar refractivity (Wildman–Crippen MR) is 103 cm³/mol. The molecule has 2 N–H and O–H groups in total. The van der Waals surface area contributed by atoms with E-state index in [0.29, 0.717) is 23.7 Å². The number of ether oxygens (including phenoxy) is 2. The topological polar surface area (TPSA) is 97.0 Å². The number of amides is 4. The van der Waals surface area contributed by atoms with E-state index in [1.54, 1.807) is 37.3 Å². The fourth-order valence-electron chi connectivity index (χ4n) is 3.40. The van der Waals surface area contributed by atoms with Gasteiger partial charge in [-0.25, -0.2) is 4.79 Å². The smallest absolute Gasteiger partial charge is 0.325 e. The summed E-state index contributed by atoms with van der Waals surface area (Å²) in [6.07, 6.45) is -0.355. The summed E-state index contributed by atoms with van der Waals surface area (Å²) in [6, 6.07) is 15.6. The van der Waals surface area contributed by atoms with E-state index in [-0.39, 0.29) is 19.2 Å². The molecule has 4 amide bonds. The van der Waals surface area contributed by atoms with Crippen LogP contribution in [0.25, 0.3) is 0 Å². The van der Waals surface area contributed by atoms with Crippen LogP contribution < -0.4 is 20.1 Å². The Morgan fingerprint density at radius 2 is 1.83 bits per heavy atom. The highest BCUT2D eigenvalue weighted by atomic mass is 16.6. The van der Waals surface area contributed by atoms with Crippen molar-refractivity contribution >= 4 is 17.8 Å². The van der Waals surface area contributed by atoms with Crippen LogP contribution in [0.15, 0.2) is 54.6 Å². The maximum absolute atomic E-state index is 12.8. The van der Waals surface area contributed by atoms with Gasteiger partial charge in [-0.3, -0.25) is 14.5 Å². The molecule has 0 unspecified atom stereocenters. The van der Waals surface area contributed by atoms with Gasteiger partial charge in [0, 0.05) is 0 Å². The van der Waals surface area contributed by atoms with Gasteiger partial charge < -0.3 is 20.1 Å². The quantitative estimate of drug-likeness (QED) is 0.746. The van der Waals surface area contributed by atoms with E-state index in [9.17, 15) is 14.4 Å². The third-order valence-electron chi connectivity index (χ3n) is 5.02. The summed E-state index contributed by atoms with van der Waals surface area (Å²) >= 11 is 0. The molecule has 29 heavy (non-hydrogen) atoms. The van der Waals surface area contributed by atoms with Crippen molar-refractivity contribution in [3.05, 3.63) is 60.2 Å². The largest absolute Gasteiger partial charge is 0.486 e. The van der Waals surface area contributed by atoms with Gasteiger partial charge in [-0.05, 0) is 24.6 Å². The lowest BCUT2D eigenvalue weighted by Crippen LogP contribution is -2.46. The van der Waals surface area contributed by atoms with Gasteiger partial charge in [-0.2, -0.15) is 0 Å². The van der Waals surface area contributed by atoms with Crippen molar-refractivity contribution in [2.24, 2.45) is 0 Å². The van der Waals surface area contributed by atoms with Crippen LogP contribution in [0, 0.1) is 0 Å². The van der Waals surface area contributed by atoms with Crippen LogP contribution in [0.5, 0.6) is 11.5 Å². The molecule has 0 spiro atoms. The second-order valence-electron chi connectivity index (χ2n) is 7.11. The molecule has 2 aliphatic rings. The molecule has 0 bridgehead atoms. The zero-order chi connectivity index (χ0) is 20.4. The lowest BCUT2D eigenvalue weighted by Gasteiger charge is -2.26. The monoisotopic (exact) mass is 395 g/mol. The average molecular weight is 395 g/mol. The number of para-hydroxylation sites is 2. The molecule has 2 aromatic carbocycles. The third kappa shape index (κ3) is 3.61. The molecular weight excluding hydrogens is 374 g/mol. The van der Waals surface area contributed by atoms with Crippen LogP contribution in [0.1, 0.15) is 12.5 Å². The van der Waals surface area contributed by atoms with Gasteiger partial charge in [0.15, 0.2) is 11.5 Å². The van der Waals surface area contributed by atoms with Crippen LogP contribution >= 0.6 is 0 Å². The first-order valence-electron chi connectivity index (χ1n) is 9.32. The summed E-state index contributed by atoms with van der Waals surface area (Å²) in [4.78, 5) is 38.4. The standard InChI is InChI=1S/C21H21N3O5/c1-21(14-7-3-2-4-8-14)19(26)24(20(27)23-21)12-18(25)22-11-15-13-28-16-9-5-6-10-17(16)29-15/h2-10,15H,11-13H2,1H3,(H,22,25)(H,23,27)/t15-,21+/m0/s1. The van der Waals surface area contributed by atoms with Crippen LogP contribution in [0.2, 0.25) is 0 Å². The van der Waals surface area contributed by atoms with Crippen molar-refractivity contribution in [3.63, 3.8) is 0 Å². The number of imide groups is 1. The Labute approximate surface area is 167 Å². The lowest BCUT2D eigenvalue weighted by molar-refractivity contribution is -0.134. The number of rotatable bonds is 5. The van der Waals surface area contributed by atoms with Crippen molar-refractivity contribution in [1.82, 2.24) is 15.5 Å². The number of nitrogens with one attached hydrogen (secondary N) is 2. The number of nitrogens with zero attached hydrogens (tertiary/aromatic N) is 1. The van der Waals surface area contributed by atoms with Crippen LogP contribution in [0.4, 0.5) is 4.79 Å². The second-order valence-corrected chi connectivity index (χ2v) is 7.11. The lowest BCUT2D eigenvalue weighted by atomic mass is 9.92. The van der Waals surface area contributed by atoms with Crippen molar-refractivity contribution in [2.45, 2.75) is 18.6 Å². The summed E-state index contributed by atoms with van der Waals surface area (Å²) in [5, 5.41) is 5.38. The molecule has 0 aromatic heterocycles. The summed E-state index contributed by atoms with van der Waals surface area (Å²) in [5.74, 6) is 0.364. The first kappa shape index (κ1) is 18.8. The normalized spacial score (nSPS) is 22.9. The highest BCUT2D eigenvalue weighted by Crippen LogP contribution is 2.31. The fraction of sp³-hybridized carbons (Fsp3) is 0.286. The molecular formula is C21H21N3O5. The first-order chi connectivity index (χ1) is 14.0. The Morgan fingerprint density at radius 1 is 1.14 bits per heavy atom. The van der Waals surface area contributed by atoms with Crippen LogP contribution in [-0.2, 0) is 15.1 Å². The van der Waals surface area contributed by atoms with Crippen LogP contribution in [0.3, 0.4) is 0 Å². The molecule has 2 atom stereocenters. The average Bonchev–Trinajstić information content (AvgIpc) is 2.96. The number of urea groups is 1. The minimum atomic E-state index is -1.19. The Balaban J connectivity index is 1.34. The zero-order valence-electron chi connectivity index (χ0n) is 15.9. The Hall–Kier alpha value is -3.55. The van der Waals surface area contributed by atoms with E-state index in [2.05, 4.69) is 10.6 Å². The minimum absolute atomic E-state index is 0.201. The maximum atomic E-state index is 12.8. The molecule has 1 fully saturated rings. The van der Waals surface area contributed by atoms with E-state index >= 15 is 0 Å². The molecule has 150 valence electrons. The molecule has 2 heterocycles. The van der Waals surface area contributed by atoms with Crippen molar-refractivity contribution in [1.29, 1.82) is 0 Å². The molecule has 8 nitrogen and oxygen atoms in total. The Kier molecular flexibility index (Phi) is 4.84. The molecule has 2 aromatic rings. The molecule has 2 aliphatic heterocycles. The number of fused-ring (bicyclic) bond motifs is 1. The number of carbonyl (C=O) groups is 3. The van der Waals surface area contributed by atoms with Crippen molar-refractivity contribution < 1.29 is 23.9 Å². The van der Waals surface area contributed by atoms with E-state index in [1.165, 1.54) is 0 Å². The van der Waals surface area contributed by atoms with Gasteiger partial charge in [0.2, 0.25) is 5.91 Å². The van der Waals surface area contributed by atoms with E-state index in [0.717, 1.165) is 4.90 Å². The molecule has 1 saturated heterocycles. The summed E-state index contributed by atoms with van der Waals surface area (Å²) in [5.41, 5.74) is -0.532. The number of benzene rings is 2. The van der Waals surface area contributed by atoms with Crippen molar-refractivity contribution in [3.8, 4) is 11.5 Å². The zero-order valence-corrected chi connectivity index (χ0v) is 15.9. The number of hydrogen-bond donors (Lipinski definition) is 2. The molecule has 0 saturated carbocycles. The Morgan fingerprint density at radius 3 is 2.59 bits per heavy atom. The van der Waals surface area contributed by atoms with Gasteiger partial charge in [-0.1, -0.05) is 42.5 Å². The van der Waals surface area contributed by atoms with E-state index in [1.807, 2.05) is 24.3 Å². The maximum Gasteiger partial charge on any atom is 0.325 e. The van der Waals surface area contributed by atoms with Gasteiger partial charge in [0.25, 0.3) is 5.91 Å².